The lowest BCUT2D eigenvalue weighted by molar-refractivity contribution is -0.127. The Kier molecular flexibility index (Phi) is 6.17. The van der Waals surface area contributed by atoms with Crippen LogP contribution in [-0.2, 0) is 9.59 Å². The van der Waals surface area contributed by atoms with Gasteiger partial charge in [-0.25, -0.2) is 0 Å². The van der Waals surface area contributed by atoms with Crippen LogP contribution in [0.2, 0.25) is 0 Å². The van der Waals surface area contributed by atoms with Gasteiger partial charge in [0.15, 0.2) is 0 Å². The van der Waals surface area contributed by atoms with Crippen molar-refractivity contribution >= 4 is 11.7 Å². The normalized spacial score (nSPS) is 13.0. The van der Waals surface area contributed by atoms with Crippen molar-refractivity contribution in [1.82, 2.24) is 10.2 Å². The molecule has 0 aliphatic carbocycles. The Morgan fingerprint density at radius 2 is 1.80 bits per heavy atom. The summed E-state index contributed by atoms with van der Waals surface area (Å²) in [4.78, 5) is 24.0. The van der Waals surface area contributed by atoms with Crippen molar-refractivity contribution in [1.29, 1.82) is 0 Å². The predicted octanol–water partition coefficient (Wildman–Crippen LogP) is 0.668. The minimum absolute atomic E-state index is 0.0156. The summed E-state index contributed by atoms with van der Waals surface area (Å²) in [6.45, 7) is 6.24. The maximum atomic E-state index is 11.3. The summed E-state index contributed by atoms with van der Waals surface area (Å²) in [5.74, 6) is 0.186. The molecule has 4 heteroatoms. The monoisotopic (exact) mass is 214 g/mol. The number of nitrogens with zero attached hydrogens (tertiary/aromatic N) is 1. The SMILES string of the molecule is CC(=O)CC(=O)NCC(C(C)C)N(C)C. The van der Waals surface area contributed by atoms with Gasteiger partial charge in [0.05, 0.1) is 6.42 Å². The minimum atomic E-state index is -0.185. The average Bonchev–Trinajstić information content (AvgIpc) is 2.00. The van der Waals surface area contributed by atoms with Gasteiger partial charge in [-0.15, -0.1) is 0 Å². The van der Waals surface area contributed by atoms with E-state index in [4.69, 9.17) is 0 Å². The van der Waals surface area contributed by atoms with E-state index >= 15 is 0 Å². The first kappa shape index (κ1) is 14.1. The van der Waals surface area contributed by atoms with Crippen molar-refractivity contribution in [2.75, 3.05) is 20.6 Å². The summed E-state index contributed by atoms with van der Waals surface area (Å²) in [6.07, 6.45) is -0.0156. The van der Waals surface area contributed by atoms with Gasteiger partial charge in [-0.2, -0.15) is 0 Å². The Hall–Kier alpha value is -0.900. The third-order valence-corrected chi connectivity index (χ3v) is 2.35. The zero-order valence-corrected chi connectivity index (χ0v) is 10.3. The molecule has 0 radical (unpaired) electrons. The zero-order chi connectivity index (χ0) is 12.0. The molecule has 0 saturated heterocycles. The average molecular weight is 214 g/mol. The molecule has 0 aromatic heterocycles. The van der Waals surface area contributed by atoms with Crippen molar-refractivity contribution in [3.8, 4) is 0 Å². The molecule has 0 rings (SSSR count). The van der Waals surface area contributed by atoms with E-state index in [2.05, 4.69) is 24.1 Å². The lowest BCUT2D eigenvalue weighted by Gasteiger charge is -2.28. The van der Waals surface area contributed by atoms with Gasteiger partial charge in [0.1, 0.15) is 5.78 Å². The van der Waals surface area contributed by atoms with E-state index < -0.39 is 0 Å². The Labute approximate surface area is 92.0 Å². The summed E-state index contributed by atoms with van der Waals surface area (Å²) >= 11 is 0. The van der Waals surface area contributed by atoms with E-state index in [9.17, 15) is 9.59 Å². The Balaban J connectivity index is 4.00. The van der Waals surface area contributed by atoms with Crippen LogP contribution < -0.4 is 5.32 Å². The molecule has 88 valence electrons. The van der Waals surface area contributed by atoms with Crippen LogP contribution in [0, 0.1) is 5.92 Å². The highest BCUT2D eigenvalue weighted by atomic mass is 16.2. The summed E-state index contributed by atoms with van der Waals surface area (Å²) in [5, 5.41) is 2.78. The standard InChI is InChI=1S/C11H22N2O2/c1-8(2)10(13(4)5)7-12-11(15)6-9(3)14/h8,10H,6-7H2,1-5H3,(H,12,15). The molecule has 0 heterocycles. The van der Waals surface area contributed by atoms with E-state index in [-0.39, 0.29) is 18.1 Å². The van der Waals surface area contributed by atoms with Gasteiger partial charge < -0.3 is 10.2 Å². The topological polar surface area (TPSA) is 49.4 Å². The molecule has 1 unspecified atom stereocenters. The summed E-state index contributed by atoms with van der Waals surface area (Å²) < 4.78 is 0. The number of hydrogen-bond acceptors (Lipinski definition) is 3. The van der Waals surface area contributed by atoms with Gasteiger partial charge in [-0.1, -0.05) is 13.8 Å². The number of rotatable bonds is 6. The third kappa shape index (κ3) is 6.23. The van der Waals surface area contributed by atoms with E-state index in [1.54, 1.807) is 0 Å². The number of amides is 1. The number of carbonyl (C=O) groups is 2. The maximum absolute atomic E-state index is 11.3. The first-order chi connectivity index (χ1) is 6.84. The van der Waals surface area contributed by atoms with Crippen molar-refractivity contribution in [2.45, 2.75) is 33.2 Å². The lowest BCUT2D eigenvalue weighted by atomic mass is 10.0. The van der Waals surface area contributed by atoms with Crippen LogP contribution in [0.3, 0.4) is 0 Å². The van der Waals surface area contributed by atoms with Crippen LogP contribution in [0.25, 0.3) is 0 Å². The first-order valence-corrected chi connectivity index (χ1v) is 5.27. The number of nitrogens with one attached hydrogen (secondary N) is 1. The number of likely N-dealkylation sites (N-methyl/N-ethyl adjacent to an activating group) is 1. The fraction of sp³-hybridized carbons (Fsp3) is 0.818. The summed E-state index contributed by atoms with van der Waals surface area (Å²) in [7, 11) is 3.98. The van der Waals surface area contributed by atoms with Crippen molar-refractivity contribution < 1.29 is 9.59 Å². The highest BCUT2D eigenvalue weighted by Crippen LogP contribution is 2.05. The highest BCUT2D eigenvalue weighted by molar-refractivity contribution is 5.96. The number of ketones is 1. The smallest absolute Gasteiger partial charge is 0.227 e. The molecule has 0 aromatic carbocycles. The second kappa shape index (κ2) is 6.56. The van der Waals surface area contributed by atoms with E-state index in [0.29, 0.717) is 18.5 Å². The third-order valence-electron chi connectivity index (χ3n) is 2.35. The van der Waals surface area contributed by atoms with Gasteiger partial charge in [0.2, 0.25) is 5.91 Å². The first-order valence-electron chi connectivity index (χ1n) is 5.27. The highest BCUT2D eigenvalue weighted by Gasteiger charge is 2.16. The number of Topliss-reactive ketones (excluding diaryl/α,β-unsaturated/α-hetero) is 1. The summed E-state index contributed by atoms with van der Waals surface area (Å²) in [5.41, 5.74) is 0. The van der Waals surface area contributed by atoms with Crippen LogP contribution in [-0.4, -0.2) is 43.3 Å². The molecule has 15 heavy (non-hydrogen) atoms. The van der Waals surface area contributed by atoms with Crippen LogP contribution in [0.15, 0.2) is 0 Å². The van der Waals surface area contributed by atoms with Gasteiger partial charge >= 0.3 is 0 Å². The van der Waals surface area contributed by atoms with Gasteiger partial charge in [-0.05, 0) is 26.9 Å². The van der Waals surface area contributed by atoms with Gasteiger partial charge in [-0.3, -0.25) is 9.59 Å². The lowest BCUT2D eigenvalue weighted by Crippen LogP contribution is -2.43. The van der Waals surface area contributed by atoms with Gasteiger partial charge in [0, 0.05) is 12.6 Å². The van der Waals surface area contributed by atoms with Crippen LogP contribution in [0.4, 0.5) is 0 Å². The summed E-state index contributed by atoms with van der Waals surface area (Å²) in [6, 6.07) is 0.306. The number of hydrogen-bond donors (Lipinski definition) is 1. The van der Waals surface area contributed by atoms with Crippen molar-refractivity contribution in [3.05, 3.63) is 0 Å². The molecule has 1 amide bonds. The van der Waals surface area contributed by atoms with Crippen LogP contribution in [0.1, 0.15) is 27.2 Å². The van der Waals surface area contributed by atoms with Crippen LogP contribution >= 0.6 is 0 Å². The molecule has 0 bridgehead atoms. The molecule has 0 aromatic rings. The fourth-order valence-electron chi connectivity index (χ4n) is 1.52. The molecule has 1 N–H and O–H groups in total. The Bertz CT molecular complexity index is 217. The fourth-order valence-corrected chi connectivity index (χ4v) is 1.52. The molecule has 4 nitrogen and oxygen atoms in total. The van der Waals surface area contributed by atoms with Crippen LogP contribution in [0.5, 0.6) is 0 Å². The molecule has 1 atom stereocenters. The minimum Gasteiger partial charge on any atom is -0.354 e. The van der Waals surface area contributed by atoms with E-state index in [1.165, 1.54) is 6.92 Å². The number of carbonyl (C=O) groups excluding carboxylic acids is 2. The molecule has 0 aliphatic heterocycles. The quantitative estimate of drug-likeness (QED) is 0.661. The van der Waals surface area contributed by atoms with Crippen molar-refractivity contribution in [3.63, 3.8) is 0 Å². The molecule has 0 fully saturated rings. The van der Waals surface area contributed by atoms with E-state index in [0.717, 1.165) is 0 Å². The molecular formula is C11H22N2O2. The Morgan fingerprint density at radius 3 is 2.13 bits per heavy atom. The second-order valence-corrected chi connectivity index (χ2v) is 4.46. The molecule has 0 saturated carbocycles. The zero-order valence-electron chi connectivity index (χ0n) is 10.3. The largest absolute Gasteiger partial charge is 0.354 e. The predicted molar refractivity (Wildman–Crippen MR) is 60.6 cm³/mol. The Morgan fingerprint density at radius 1 is 1.27 bits per heavy atom. The van der Waals surface area contributed by atoms with Crippen molar-refractivity contribution in [2.24, 2.45) is 5.92 Å². The van der Waals surface area contributed by atoms with Gasteiger partial charge in [0.25, 0.3) is 0 Å². The maximum Gasteiger partial charge on any atom is 0.227 e. The second-order valence-electron chi connectivity index (χ2n) is 4.46. The molecule has 0 spiro atoms. The molecular weight excluding hydrogens is 192 g/mol. The van der Waals surface area contributed by atoms with E-state index in [1.807, 2.05) is 14.1 Å². The molecule has 0 aliphatic rings.